The van der Waals surface area contributed by atoms with Crippen LogP contribution in [0.4, 0.5) is 0 Å². The Hall–Kier alpha value is -2.36. The first-order valence-corrected chi connectivity index (χ1v) is 7.61. The van der Waals surface area contributed by atoms with Gasteiger partial charge in [0.15, 0.2) is 0 Å². The minimum Gasteiger partial charge on any atom is -0.439 e. The number of hydrogen-bond acceptors (Lipinski definition) is 3. The molecule has 3 rings (SSSR count). The van der Waals surface area contributed by atoms with E-state index in [9.17, 15) is 4.79 Å². The van der Waals surface area contributed by atoms with Crippen LogP contribution in [0.2, 0.25) is 0 Å². The molecule has 1 aromatic carbocycles. The fourth-order valence-corrected chi connectivity index (χ4v) is 2.49. The van der Waals surface area contributed by atoms with Gasteiger partial charge < -0.3 is 9.64 Å². The first-order valence-electron chi connectivity index (χ1n) is 7.61. The van der Waals surface area contributed by atoms with Gasteiger partial charge >= 0.3 is 0 Å². The average Bonchev–Trinajstić information content (AvgIpc) is 3.39. The van der Waals surface area contributed by atoms with Crippen LogP contribution in [0.3, 0.4) is 0 Å². The van der Waals surface area contributed by atoms with Crippen molar-refractivity contribution in [1.29, 1.82) is 0 Å². The number of para-hydroxylation sites is 1. The van der Waals surface area contributed by atoms with Crippen molar-refractivity contribution in [3.05, 3.63) is 54.2 Å². The number of nitrogens with zero attached hydrogens (tertiary/aromatic N) is 2. The summed E-state index contributed by atoms with van der Waals surface area (Å²) < 4.78 is 5.69. The van der Waals surface area contributed by atoms with Gasteiger partial charge in [-0.3, -0.25) is 4.79 Å². The van der Waals surface area contributed by atoms with Gasteiger partial charge in [0, 0.05) is 30.9 Å². The molecule has 0 unspecified atom stereocenters. The van der Waals surface area contributed by atoms with Crippen LogP contribution in [0.15, 0.2) is 48.7 Å². The number of pyridine rings is 1. The van der Waals surface area contributed by atoms with Gasteiger partial charge in [0.05, 0.1) is 0 Å². The number of aromatic nitrogens is 1. The zero-order chi connectivity index (χ0) is 15.5. The Morgan fingerprint density at radius 3 is 2.68 bits per heavy atom. The molecule has 114 valence electrons. The van der Waals surface area contributed by atoms with Gasteiger partial charge in [-0.2, -0.15) is 0 Å². The fraction of sp³-hybridized carbons (Fsp3) is 0.333. The molecule has 1 saturated carbocycles. The lowest BCUT2D eigenvalue weighted by Crippen LogP contribution is -2.36. The van der Waals surface area contributed by atoms with Crippen LogP contribution in [0.25, 0.3) is 0 Å². The summed E-state index contributed by atoms with van der Waals surface area (Å²) in [7, 11) is 1.86. The summed E-state index contributed by atoms with van der Waals surface area (Å²) in [5.74, 6) is 1.80. The van der Waals surface area contributed by atoms with E-state index in [1.165, 1.54) is 12.8 Å². The van der Waals surface area contributed by atoms with E-state index in [4.69, 9.17) is 4.74 Å². The molecule has 1 heterocycles. The van der Waals surface area contributed by atoms with Crippen LogP contribution >= 0.6 is 0 Å². The molecule has 4 heteroatoms. The Kier molecular flexibility index (Phi) is 4.09. The van der Waals surface area contributed by atoms with Crippen molar-refractivity contribution in [2.45, 2.75) is 25.8 Å². The average molecular weight is 296 g/mol. The highest BCUT2D eigenvalue weighted by Crippen LogP contribution is 2.35. The highest BCUT2D eigenvalue weighted by Gasteiger charge is 2.32. The second kappa shape index (κ2) is 6.18. The maximum Gasteiger partial charge on any atom is 0.254 e. The van der Waals surface area contributed by atoms with Crippen LogP contribution in [0.1, 0.15) is 30.1 Å². The fourth-order valence-electron chi connectivity index (χ4n) is 2.49. The van der Waals surface area contributed by atoms with Crippen LogP contribution in [0, 0.1) is 5.92 Å². The molecule has 1 aliphatic carbocycles. The van der Waals surface area contributed by atoms with Gasteiger partial charge in [-0.25, -0.2) is 4.98 Å². The smallest absolute Gasteiger partial charge is 0.254 e. The van der Waals surface area contributed by atoms with Gasteiger partial charge in [-0.15, -0.1) is 0 Å². The summed E-state index contributed by atoms with van der Waals surface area (Å²) in [6.45, 7) is 2.11. The molecule has 1 aliphatic rings. The highest BCUT2D eigenvalue weighted by molar-refractivity contribution is 5.94. The number of hydrogen-bond donors (Lipinski definition) is 0. The standard InChI is InChI=1S/C18H20N2O2/c1-13(14-8-9-14)20(2)18(21)15-10-11-19-17(12-15)22-16-6-4-3-5-7-16/h3-7,10-14H,8-9H2,1-2H3/t13-/m1/s1. The van der Waals surface area contributed by atoms with Gasteiger partial charge in [-0.1, -0.05) is 18.2 Å². The lowest BCUT2D eigenvalue weighted by molar-refractivity contribution is 0.0727. The molecule has 2 aromatic rings. The summed E-state index contributed by atoms with van der Waals surface area (Å²) in [5.41, 5.74) is 0.607. The Balaban J connectivity index is 1.74. The molecule has 4 nitrogen and oxygen atoms in total. The predicted molar refractivity (Wildman–Crippen MR) is 85.0 cm³/mol. The van der Waals surface area contributed by atoms with E-state index >= 15 is 0 Å². The third-order valence-electron chi connectivity index (χ3n) is 4.18. The zero-order valence-electron chi connectivity index (χ0n) is 12.9. The van der Waals surface area contributed by atoms with Crippen LogP contribution in [-0.4, -0.2) is 28.9 Å². The SMILES string of the molecule is C[C@H](C1CC1)N(C)C(=O)c1ccnc(Oc2ccccc2)c1. The van der Waals surface area contributed by atoms with Crippen molar-refractivity contribution in [2.24, 2.45) is 5.92 Å². The molecular formula is C18H20N2O2. The van der Waals surface area contributed by atoms with E-state index in [1.807, 2.05) is 42.3 Å². The van der Waals surface area contributed by atoms with E-state index in [2.05, 4.69) is 11.9 Å². The molecule has 22 heavy (non-hydrogen) atoms. The molecule has 1 aromatic heterocycles. The Morgan fingerprint density at radius 2 is 2.00 bits per heavy atom. The summed E-state index contributed by atoms with van der Waals surface area (Å²) in [6.07, 6.45) is 4.05. The molecule has 0 bridgehead atoms. The lowest BCUT2D eigenvalue weighted by atomic mass is 10.1. The van der Waals surface area contributed by atoms with Crippen molar-refractivity contribution < 1.29 is 9.53 Å². The van der Waals surface area contributed by atoms with Crippen molar-refractivity contribution in [3.63, 3.8) is 0 Å². The minimum absolute atomic E-state index is 0.0136. The van der Waals surface area contributed by atoms with E-state index in [1.54, 1.807) is 18.3 Å². The number of ether oxygens (including phenoxy) is 1. The largest absolute Gasteiger partial charge is 0.439 e. The third kappa shape index (κ3) is 3.27. The number of amides is 1. The van der Waals surface area contributed by atoms with Crippen molar-refractivity contribution in [1.82, 2.24) is 9.88 Å². The molecule has 1 fully saturated rings. The number of carbonyl (C=O) groups excluding carboxylic acids is 1. The zero-order valence-corrected chi connectivity index (χ0v) is 12.9. The van der Waals surface area contributed by atoms with E-state index in [0.717, 1.165) is 0 Å². The molecular weight excluding hydrogens is 276 g/mol. The maximum atomic E-state index is 12.6. The van der Waals surface area contributed by atoms with E-state index in [0.29, 0.717) is 23.1 Å². The summed E-state index contributed by atoms with van der Waals surface area (Å²) in [4.78, 5) is 18.6. The molecule has 1 amide bonds. The number of benzene rings is 1. The van der Waals surface area contributed by atoms with Gasteiger partial charge in [0.1, 0.15) is 5.75 Å². The second-order valence-electron chi connectivity index (χ2n) is 5.79. The molecule has 0 N–H and O–H groups in total. The Morgan fingerprint density at radius 1 is 1.27 bits per heavy atom. The second-order valence-corrected chi connectivity index (χ2v) is 5.79. The minimum atomic E-state index is 0.0136. The Bertz CT molecular complexity index is 653. The van der Waals surface area contributed by atoms with Crippen molar-refractivity contribution >= 4 is 5.91 Å². The monoisotopic (exact) mass is 296 g/mol. The molecule has 0 aliphatic heterocycles. The van der Waals surface area contributed by atoms with Crippen LogP contribution in [-0.2, 0) is 0 Å². The van der Waals surface area contributed by atoms with E-state index < -0.39 is 0 Å². The normalized spacial score (nSPS) is 15.2. The Labute approximate surface area is 130 Å². The summed E-state index contributed by atoms with van der Waals surface area (Å²) >= 11 is 0. The van der Waals surface area contributed by atoms with Crippen molar-refractivity contribution in [2.75, 3.05) is 7.05 Å². The topological polar surface area (TPSA) is 42.4 Å². The molecule has 0 radical (unpaired) electrons. The molecule has 0 spiro atoms. The number of carbonyl (C=O) groups is 1. The van der Waals surface area contributed by atoms with Crippen LogP contribution in [0.5, 0.6) is 11.6 Å². The lowest BCUT2D eigenvalue weighted by Gasteiger charge is -2.25. The number of rotatable bonds is 5. The first-order chi connectivity index (χ1) is 10.6. The summed E-state index contributed by atoms with van der Waals surface area (Å²) in [5, 5.41) is 0. The van der Waals surface area contributed by atoms with Gasteiger partial charge in [0.25, 0.3) is 5.91 Å². The molecule has 0 saturated heterocycles. The quantitative estimate of drug-likeness (QED) is 0.844. The van der Waals surface area contributed by atoms with E-state index in [-0.39, 0.29) is 11.9 Å². The summed E-state index contributed by atoms with van der Waals surface area (Å²) in [6, 6.07) is 13.1. The highest BCUT2D eigenvalue weighted by atomic mass is 16.5. The molecule has 1 atom stereocenters. The third-order valence-corrected chi connectivity index (χ3v) is 4.18. The predicted octanol–water partition coefficient (Wildman–Crippen LogP) is 3.74. The van der Waals surface area contributed by atoms with Gasteiger partial charge in [-0.05, 0) is 43.9 Å². The van der Waals surface area contributed by atoms with Crippen molar-refractivity contribution in [3.8, 4) is 11.6 Å². The van der Waals surface area contributed by atoms with Gasteiger partial charge in [0.2, 0.25) is 5.88 Å². The maximum absolute atomic E-state index is 12.6. The van der Waals surface area contributed by atoms with Crippen LogP contribution < -0.4 is 4.74 Å². The first kappa shape index (κ1) is 14.6.